The first-order valence-electron chi connectivity index (χ1n) is 9.88. The molecule has 32 heavy (non-hydrogen) atoms. The normalized spacial score (nSPS) is 11.7. The van der Waals surface area contributed by atoms with Crippen LogP contribution in [-0.2, 0) is 9.84 Å². The zero-order valence-corrected chi connectivity index (χ0v) is 22.0. The van der Waals surface area contributed by atoms with Crippen molar-refractivity contribution in [2.75, 3.05) is 38.3 Å². The van der Waals surface area contributed by atoms with Gasteiger partial charge in [-0.05, 0) is 76.7 Å². The SMILES string of the molecule is CSc1ccc2nc(N(CCN(C)C)C(=O)c3ccc(S(=O)(=O)C(C)C)cc3)sc2c1.Cl. The summed E-state index contributed by atoms with van der Waals surface area (Å²) >= 11 is 3.15. The Hall–Kier alpha value is -1.65. The van der Waals surface area contributed by atoms with E-state index in [0.29, 0.717) is 23.8 Å². The summed E-state index contributed by atoms with van der Waals surface area (Å²) in [5.74, 6) is -0.195. The molecule has 0 saturated carbocycles. The Morgan fingerprint density at radius 2 is 1.75 bits per heavy atom. The van der Waals surface area contributed by atoms with Gasteiger partial charge in [-0.3, -0.25) is 9.69 Å². The molecule has 3 aromatic rings. The van der Waals surface area contributed by atoms with Gasteiger partial charge in [-0.2, -0.15) is 0 Å². The number of thiazole rings is 1. The largest absolute Gasteiger partial charge is 0.308 e. The van der Waals surface area contributed by atoms with Crippen LogP contribution in [0.15, 0.2) is 52.3 Å². The van der Waals surface area contributed by atoms with Crippen LogP contribution in [0, 0.1) is 0 Å². The third-order valence-corrected chi connectivity index (χ3v) is 8.82. The lowest BCUT2D eigenvalue weighted by atomic mass is 10.2. The minimum atomic E-state index is -3.38. The second kappa shape index (κ2) is 11.0. The number of hydrogen-bond donors (Lipinski definition) is 0. The number of carbonyl (C=O) groups excluding carboxylic acids is 1. The van der Waals surface area contributed by atoms with Gasteiger partial charge in [0.25, 0.3) is 5.91 Å². The zero-order valence-electron chi connectivity index (χ0n) is 18.7. The number of thioether (sulfide) groups is 1. The maximum absolute atomic E-state index is 13.4. The van der Waals surface area contributed by atoms with Gasteiger partial charge in [0.2, 0.25) is 0 Å². The first-order chi connectivity index (χ1) is 14.6. The van der Waals surface area contributed by atoms with Crippen LogP contribution < -0.4 is 4.90 Å². The van der Waals surface area contributed by atoms with E-state index in [9.17, 15) is 13.2 Å². The fourth-order valence-electron chi connectivity index (χ4n) is 2.93. The molecular weight excluding hydrogens is 486 g/mol. The molecule has 0 aliphatic heterocycles. The lowest BCUT2D eigenvalue weighted by Gasteiger charge is -2.22. The Balaban J connectivity index is 0.00000363. The first-order valence-corrected chi connectivity index (χ1v) is 13.5. The number of amides is 1. The Bertz CT molecular complexity index is 1180. The highest BCUT2D eigenvalue weighted by Crippen LogP contribution is 2.32. The highest BCUT2D eigenvalue weighted by atomic mass is 35.5. The molecule has 0 fully saturated rings. The van der Waals surface area contributed by atoms with E-state index in [1.54, 1.807) is 42.6 Å². The number of carbonyl (C=O) groups is 1. The topological polar surface area (TPSA) is 70.6 Å². The van der Waals surface area contributed by atoms with Crippen molar-refractivity contribution in [1.82, 2.24) is 9.88 Å². The summed E-state index contributed by atoms with van der Waals surface area (Å²) in [4.78, 5) is 23.1. The summed E-state index contributed by atoms with van der Waals surface area (Å²) < 4.78 is 25.8. The zero-order chi connectivity index (χ0) is 22.8. The van der Waals surface area contributed by atoms with Crippen LogP contribution in [-0.4, -0.2) is 62.9 Å². The standard InChI is InChI=1S/C22H27N3O3S3.ClH/c1-15(2)31(27,28)18-9-6-16(7-10-18)21(26)25(13-12-24(3)4)22-23-19-11-8-17(29-5)14-20(19)30-22;/h6-11,14-15H,12-13H2,1-5H3;1H. The van der Waals surface area contributed by atoms with Crippen molar-refractivity contribution in [2.24, 2.45) is 0 Å². The number of fused-ring (bicyclic) bond motifs is 1. The Morgan fingerprint density at radius 1 is 1.09 bits per heavy atom. The van der Waals surface area contributed by atoms with E-state index >= 15 is 0 Å². The number of hydrogen-bond acceptors (Lipinski definition) is 7. The molecule has 0 saturated heterocycles. The summed E-state index contributed by atoms with van der Waals surface area (Å²) in [5.41, 5.74) is 1.30. The van der Waals surface area contributed by atoms with Gasteiger partial charge in [-0.15, -0.1) is 24.2 Å². The Labute approximate surface area is 204 Å². The van der Waals surface area contributed by atoms with Gasteiger partial charge in [0.1, 0.15) is 0 Å². The molecule has 0 spiro atoms. The molecule has 10 heteroatoms. The first kappa shape index (κ1) is 26.6. The number of aromatic nitrogens is 1. The molecule has 174 valence electrons. The molecule has 0 radical (unpaired) electrons. The molecule has 1 heterocycles. The van der Waals surface area contributed by atoms with Crippen LogP contribution in [0.4, 0.5) is 5.13 Å². The molecular formula is C22H28ClN3O3S3. The van der Waals surface area contributed by atoms with Gasteiger partial charge in [-0.1, -0.05) is 11.3 Å². The summed E-state index contributed by atoms with van der Waals surface area (Å²) in [7, 11) is 0.530. The Morgan fingerprint density at radius 3 is 2.31 bits per heavy atom. The Kier molecular flexibility index (Phi) is 9.13. The van der Waals surface area contributed by atoms with Crippen molar-refractivity contribution < 1.29 is 13.2 Å². The lowest BCUT2D eigenvalue weighted by molar-refractivity contribution is 0.0985. The van der Waals surface area contributed by atoms with Gasteiger partial charge in [0.05, 0.1) is 20.4 Å². The molecule has 1 aromatic heterocycles. The number of sulfone groups is 1. The summed E-state index contributed by atoms with van der Waals surface area (Å²) in [6, 6.07) is 12.3. The van der Waals surface area contributed by atoms with Gasteiger partial charge in [-0.25, -0.2) is 13.4 Å². The monoisotopic (exact) mass is 513 g/mol. The van der Waals surface area contributed by atoms with Crippen LogP contribution in [0.3, 0.4) is 0 Å². The second-order valence-corrected chi connectivity index (χ2v) is 12.1. The van der Waals surface area contributed by atoms with Gasteiger partial charge < -0.3 is 4.90 Å². The summed E-state index contributed by atoms with van der Waals surface area (Å²) in [5, 5.41) is 0.124. The predicted molar refractivity (Wildman–Crippen MR) is 138 cm³/mol. The number of likely N-dealkylation sites (N-methyl/N-ethyl adjacent to an activating group) is 1. The van der Waals surface area contributed by atoms with Crippen LogP contribution in [0.1, 0.15) is 24.2 Å². The molecule has 2 aromatic carbocycles. The van der Waals surface area contributed by atoms with Crippen molar-refractivity contribution in [3.63, 3.8) is 0 Å². The van der Waals surface area contributed by atoms with E-state index in [2.05, 4.69) is 6.07 Å². The van der Waals surface area contributed by atoms with Crippen LogP contribution in [0.2, 0.25) is 0 Å². The van der Waals surface area contributed by atoms with E-state index in [4.69, 9.17) is 4.98 Å². The van der Waals surface area contributed by atoms with E-state index in [0.717, 1.165) is 15.1 Å². The maximum atomic E-state index is 13.4. The van der Waals surface area contributed by atoms with Crippen LogP contribution in [0.5, 0.6) is 0 Å². The molecule has 1 amide bonds. The minimum absolute atomic E-state index is 0. The lowest BCUT2D eigenvalue weighted by Crippen LogP contribution is -2.36. The van der Waals surface area contributed by atoms with Gasteiger partial charge in [0.15, 0.2) is 15.0 Å². The van der Waals surface area contributed by atoms with Crippen molar-refractivity contribution in [3.05, 3.63) is 48.0 Å². The molecule has 0 aliphatic carbocycles. The number of rotatable bonds is 8. The second-order valence-electron chi connectivity index (χ2n) is 7.71. The quantitative estimate of drug-likeness (QED) is 0.402. The molecule has 3 rings (SSSR count). The van der Waals surface area contributed by atoms with E-state index in [1.807, 2.05) is 37.4 Å². The molecule has 0 aliphatic rings. The number of halogens is 1. The highest BCUT2D eigenvalue weighted by molar-refractivity contribution is 7.98. The van der Waals surface area contributed by atoms with Crippen LogP contribution >= 0.6 is 35.5 Å². The molecule has 0 atom stereocenters. The fraction of sp³-hybridized carbons (Fsp3) is 0.364. The summed E-state index contributed by atoms with van der Waals surface area (Å²) in [6.45, 7) is 4.45. The van der Waals surface area contributed by atoms with Gasteiger partial charge >= 0.3 is 0 Å². The van der Waals surface area contributed by atoms with Crippen LogP contribution in [0.25, 0.3) is 10.2 Å². The van der Waals surface area contributed by atoms with E-state index in [-0.39, 0.29) is 23.2 Å². The van der Waals surface area contributed by atoms with Crippen molar-refractivity contribution in [3.8, 4) is 0 Å². The number of nitrogens with zero attached hydrogens (tertiary/aromatic N) is 3. The molecule has 0 unspecified atom stereocenters. The van der Waals surface area contributed by atoms with Crippen molar-refractivity contribution in [2.45, 2.75) is 28.9 Å². The van der Waals surface area contributed by atoms with E-state index in [1.165, 1.54) is 23.5 Å². The predicted octanol–water partition coefficient (Wildman–Crippen LogP) is 4.83. The molecule has 0 N–H and O–H groups in total. The summed E-state index contributed by atoms with van der Waals surface area (Å²) in [6.07, 6.45) is 2.03. The van der Waals surface area contributed by atoms with Crippen molar-refractivity contribution >= 4 is 66.6 Å². The average Bonchev–Trinajstić information content (AvgIpc) is 3.16. The van der Waals surface area contributed by atoms with E-state index < -0.39 is 15.1 Å². The fourth-order valence-corrected chi connectivity index (χ4v) is 5.54. The van der Waals surface area contributed by atoms with Gasteiger partial charge in [0, 0.05) is 23.5 Å². The molecule has 6 nitrogen and oxygen atoms in total. The minimum Gasteiger partial charge on any atom is -0.308 e. The molecule has 0 bridgehead atoms. The van der Waals surface area contributed by atoms with Crippen molar-refractivity contribution in [1.29, 1.82) is 0 Å². The maximum Gasteiger partial charge on any atom is 0.260 e. The number of anilines is 1. The number of benzene rings is 2. The highest BCUT2D eigenvalue weighted by Gasteiger charge is 2.23. The third kappa shape index (κ3) is 5.82. The smallest absolute Gasteiger partial charge is 0.260 e. The third-order valence-electron chi connectivity index (χ3n) is 4.88. The average molecular weight is 514 g/mol.